The van der Waals surface area contributed by atoms with E-state index in [9.17, 15) is 13.2 Å². The zero-order chi connectivity index (χ0) is 19.4. The van der Waals surface area contributed by atoms with Gasteiger partial charge in [0.25, 0.3) is 0 Å². The van der Waals surface area contributed by atoms with E-state index in [0.717, 1.165) is 11.8 Å². The number of alkyl halides is 3. The molecule has 0 spiro atoms. The van der Waals surface area contributed by atoms with Crippen LogP contribution in [0.5, 0.6) is 5.75 Å². The van der Waals surface area contributed by atoms with Gasteiger partial charge in [0.2, 0.25) is 5.95 Å². The fourth-order valence-corrected chi connectivity index (χ4v) is 2.32. The molecule has 0 unspecified atom stereocenters. The Morgan fingerprint density at radius 2 is 1.48 bits per heavy atom. The Hall–Kier alpha value is -3.29. The number of anilines is 4. The van der Waals surface area contributed by atoms with E-state index in [0.29, 0.717) is 17.1 Å². The predicted octanol–water partition coefficient (Wildman–Crippen LogP) is 5.30. The first-order chi connectivity index (χ1) is 12.8. The van der Waals surface area contributed by atoms with Gasteiger partial charge in [-0.1, -0.05) is 17.7 Å². The van der Waals surface area contributed by atoms with E-state index in [2.05, 4.69) is 20.6 Å². The van der Waals surface area contributed by atoms with Crippen LogP contribution in [-0.4, -0.2) is 17.1 Å². The van der Waals surface area contributed by atoms with Crippen molar-refractivity contribution in [1.29, 1.82) is 0 Å². The molecule has 0 aliphatic carbocycles. The molecule has 1 aromatic heterocycles. The van der Waals surface area contributed by atoms with Crippen LogP contribution in [0.2, 0.25) is 0 Å². The molecule has 0 fully saturated rings. The molecular formula is C19H17F3N4O. The number of rotatable bonds is 5. The lowest BCUT2D eigenvalue weighted by Gasteiger charge is -2.15. The first-order valence-electron chi connectivity index (χ1n) is 8.04. The second-order valence-corrected chi connectivity index (χ2v) is 5.80. The van der Waals surface area contributed by atoms with E-state index in [4.69, 9.17) is 4.74 Å². The number of ether oxygens (including phenoxy) is 1. The molecule has 3 rings (SSSR count). The van der Waals surface area contributed by atoms with Gasteiger partial charge in [0.1, 0.15) is 17.1 Å². The standard InChI is InChI=1S/C19H17F3N4O/c1-12-3-5-14(6-4-12)25-18-23-11-16(19(20,21)22)17(26-18)24-13-7-9-15(27-2)10-8-13/h3-11H,1-2H3,(H2,23,24,25,26). The van der Waals surface area contributed by atoms with Gasteiger partial charge < -0.3 is 15.4 Å². The highest BCUT2D eigenvalue weighted by atomic mass is 19.4. The summed E-state index contributed by atoms with van der Waals surface area (Å²) in [5, 5.41) is 5.60. The van der Waals surface area contributed by atoms with E-state index >= 15 is 0 Å². The van der Waals surface area contributed by atoms with Crippen LogP contribution >= 0.6 is 0 Å². The van der Waals surface area contributed by atoms with Crippen molar-refractivity contribution in [2.24, 2.45) is 0 Å². The highest BCUT2D eigenvalue weighted by molar-refractivity contribution is 5.63. The Bertz CT molecular complexity index is 910. The number of nitrogens with one attached hydrogen (secondary N) is 2. The molecule has 2 N–H and O–H groups in total. The molecule has 0 amide bonds. The lowest BCUT2D eigenvalue weighted by molar-refractivity contribution is -0.137. The average Bonchev–Trinajstić information content (AvgIpc) is 2.63. The maximum atomic E-state index is 13.3. The van der Waals surface area contributed by atoms with Gasteiger partial charge in [-0.2, -0.15) is 18.2 Å². The number of halogens is 3. The van der Waals surface area contributed by atoms with Crippen LogP contribution in [0.4, 0.5) is 36.3 Å². The van der Waals surface area contributed by atoms with Crippen molar-refractivity contribution < 1.29 is 17.9 Å². The summed E-state index contributed by atoms with van der Waals surface area (Å²) < 4.78 is 45.0. The zero-order valence-corrected chi connectivity index (χ0v) is 14.6. The number of aromatic nitrogens is 2. The largest absolute Gasteiger partial charge is 0.497 e. The Labute approximate surface area is 154 Å². The Morgan fingerprint density at radius 3 is 2.07 bits per heavy atom. The van der Waals surface area contributed by atoms with Crippen molar-refractivity contribution in [2.45, 2.75) is 13.1 Å². The summed E-state index contributed by atoms with van der Waals surface area (Å²) in [4.78, 5) is 7.80. The molecule has 3 aromatic rings. The second-order valence-electron chi connectivity index (χ2n) is 5.80. The monoisotopic (exact) mass is 374 g/mol. The van der Waals surface area contributed by atoms with Gasteiger partial charge >= 0.3 is 6.18 Å². The smallest absolute Gasteiger partial charge is 0.421 e. The van der Waals surface area contributed by atoms with Gasteiger partial charge in [-0.3, -0.25) is 0 Å². The molecule has 0 atom stereocenters. The van der Waals surface area contributed by atoms with Crippen molar-refractivity contribution >= 4 is 23.1 Å². The molecule has 0 saturated carbocycles. The molecule has 1 heterocycles. The number of benzene rings is 2. The summed E-state index contributed by atoms with van der Waals surface area (Å²) in [5.41, 5.74) is 1.24. The van der Waals surface area contributed by atoms with Crippen LogP contribution in [0.15, 0.2) is 54.7 Å². The minimum absolute atomic E-state index is 0.0582. The maximum Gasteiger partial charge on any atom is 0.421 e. The first kappa shape index (κ1) is 18.5. The van der Waals surface area contributed by atoms with E-state index < -0.39 is 11.7 Å². The number of methoxy groups -OCH3 is 1. The molecule has 8 heteroatoms. The van der Waals surface area contributed by atoms with Crippen LogP contribution in [0.3, 0.4) is 0 Å². The molecular weight excluding hydrogens is 357 g/mol. The second kappa shape index (κ2) is 7.53. The third-order valence-electron chi connectivity index (χ3n) is 3.75. The Morgan fingerprint density at radius 1 is 0.889 bits per heavy atom. The summed E-state index contributed by atoms with van der Waals surface area (Å²) in [5.74, 6) is 0.321. The molecule has 0 bridgehead atoms. The van der Waals surface area contributed by atoms with Crippen molar-refractivity contribution in [1.82, 2.24) is 9.97 Å². The molecule has 0 radical (unpaired) electrons. The molecule has 0 aliphatic heterocycles. The van der Waals surface area contributed by atoms with Gasteiger partial charge in [-0.15, -0.1) is 0 Å². The average molecular weight is 374 g/mol. The lowest BCUT2D eigenvalue weighted by Crippen LogP contribution is -2.12. The van der Waals surface area contributed by atoms with Crippen LogP contribution < -0.4 is 15.4 Å². The van der Waals surface area contributed by atoms with Crippen LogP contribution in [0.1, 0.15) is 11.1 Å². The predicted molar refractivity (Wildman–Crippen MR) is 97.8 cm³/mol. The van der Waals surface area contributed by atoms with Crippen LogP contribution in [0.25, 0.3) is 0 Å². The minimum atomic E-state index is -4.59. The topological polar surface area (TPSA) is 59.1 Å². The molecule has 0 saturated heterocycles. The Kier molecular flexibility index (Phi) is 5.16. The van der Waals surface area contributed by atoms with Gasteiger partial charge in [-0.05, 0) is 43.3 Å². The van der Waals surface area contributed by atoms with Crippen molar-refractivity contribution in [3.8, 4) is 5.75 Å². The molecule has 5 nitrogen and oxygen atoms in total. The summed E-state index contributed by atoms with van der Waals surface area (Å²) in [6.07, 6.45) is -3.83. The van der Waals surface area contributed by atoms with E-state index in [1.807, 2.05) is 19.1 Å². The molecule has 0 aliphatic rings. The van der Waals surface area contributed by atoms with Crippen molar-refractivity contribution in [3.63, 3.8) is 0 Å². The van der Waals surface area contributed by atoms with E-state index in [-0.39, 0.29) is 11.8 Å². The van der Waals surface area contributed by atoms with Crippen molar-refractivity contribution in [3.05, 3.63) is 65.9 Å². The number of hydrogen-bond donors (Lipinski definition) is 2. The quantitative estimate of drug-likeness (QED) is 0.635. The Balaban J connectivity index is 1.91. The third-order valence-corrected chi connectivity index (χ3v) is 3.75. The molecule has 2 aromatic carbocycles. The van der Waals surface area contributed by atoms with E-state index in [1.165, 1.54) is 7.11 Å². The fourth-order valence-electron chi connectivity index (χ4n) is 2.32. The highest BCUT2D eigenvalue weighted by Crippen LogP contribution is 2.35. The first-order valence-corrected chi connectivity index (χ1v) is 8.04. The summed E-state index contributed by atoms with van der Waals surface area (Å²) >= 11 is 0. The summed E-state index contributed by atoms with van der Waals surface area (Å²) in [6, 6.07) is 13.8. The number of nitrogens with zero attached hydrogens (tertiary/aromatic N) is 2. The van der Waals surface area contributed by atoms with Gasteiger partial charge in [0.15, 0.2) is 0 Å². The SMILES string of the molecule is COc1ccc(Nc2nc(Nc3ccc(C)cc3)ncc2C(F)(F)F)cc1. The normalized spacial score (nSPS) is 11.1. The highest BCUT2D eigenvalue weighted by Gasteiger charge is 2.35. The molecule has 27 heavy (non-hydrogen) atoms. The van der Waals surface area contributed by atoms with Gasteiger partial charge in [-0.25, -0.2) is 4.98 Å². The number of hydrogen-bond acceptors (Lipinski definition) is 5. The fraction of sp³-hybridized carbons (Fsp3) is 0.158. The summed E-state index contributed by atoms with van der Waals surface area (Å²) in [6.45, 7) is 1.94. The van der Waals surface area contributed by atoms with Gasteiger partial charge in [0, 0.05) is 17.6 Å². The van der Waals surface area contributed by atoms with Gasteiger partial charge in [0.05, 0.1) is 7.11 Å². The van der Waals surface area contributed by atoms with E-state index in [1.54, 1.807) is 36.4 Å². The third kappa shape index (κ3) is 4.66. The maximum absolute atomic E-state index is 13.3. The minimum Gasteiger partial charge on any atom is -0.497 e. The molecule has 140 valence electrons. The zero-order valence-electron chi connectivity index (χ0n) is 14.6. The lowest BCUT2D eigenvalue weighted by atomic mass is 10.2. The van der Waals surface area contributed by atoms with Crippen LogP contribution in [0, 0.1) is 6.92 Å². The van der Waals surface area contributed by atoms with Crippen molar-refractivity contribution in [2.75, 3.05) is 17.7 Å². The van der Waals surface area contributed by atoms with Crippen LogP contribution in [-0.2, 0) is 6.18 Å². The summed E-state index contributed by atoms with van der Waals surface area (Å²) in [7, 11) is 1.51. The number of aryl methyl sites for hydroxylation is 1.